The third-order valence-electron chi connectivity index (χ3n) is 2.52. The van der Waals surface area contributed by atoms with E-state index in [1.54, 1.807) is 12.1 Å². The number of hydrazine groups is 1. The number of hydrogen-bond acceptors (Lipinski definition) is 6. The average Bonchev–Trinajstić information content (AvgIpc) is 2.91. The SMILES string of the molecule is NN1C(=O)/C(=C\c2ccc3c(c2)OCO3)SC1=S. The average molecular weight is 280 g/mol. The molecule has 5 nitrogen and oxygen atoms in total. The van der Waals surface area contributed by atoms with Gasteiger partial charge in [0.25, 0.3) is 5.91 Å². The molecular formula is C11H8N2O3S2. The summed E-state index contributed by atoms with van der Waals surface area (Å²) in [6, 6.07) is 5.46. The highest BCUT2D eigenvalue weighted by atomic mass is 32.2. The van der Waals surface area contributed by atoms with Crippen LogP contribution in [0, 0.1) is 0 Å². The van der Waals surface area contributed by atoms with Crippen LogP contribution in [-0.2, 0) is 4.79 Å². The van der Waals surface area contributed by atoms with E-state index in [1.165, 1.54) is 11.8 Å². The molecule has 0 radical (unpaired) electrons. The Bertz CT molecular complexity index is 586. The van der Waals surface area contributed by atoms with Gasteiger partial charge < -0.3 is 9.47 Å². The van der Waals surface area contributed by atoms with Gasteiger partial charge in [0, 0.05) is 0 Å². The zero-order valence-corrected chi connectivity index (χ0v) is 10.7. The maximum absolute atomic E-state index is 11.7. The van der Waals surface area contributed by atoms with Crippen molar-refractivity contribution in [1.82, 2.24) is 5.01 Å². The number of thiocarbonyl (C=S) groups is 1. The smallest absolute Gasteiger partial charge is 0.280 e. The molecule has 7 heteroatoms. The Morgan fingerprint density at radius 2 is 2.17 bits per heavy atom. The predicted molar refractivity (Wildman–Crippen MR) is 71.8 cm³/mol. The van der Waals surface area contributed by atoms with Crippen LogP contribution in [0.25, 0.3) is 6.08 Å². The van der Waals surface area contributed by atoms with Gasteiger partial charge >= 0.3 is 0 Å². The van der Waals surface area contributed by atoms with Crippen molar-refractivity contribution >= 4 is 40.3 Å². The summed E-state index contributed by atoms with van der Waals surface area (Å²) in [7, 11) is 0. The summed E-state index contributed by atoms with van der Waals surface area (Å²) in [5.41, 5.74) is 0.841. The lowest BCUT2D eigenvalue weighted by Crippen LogP contribution is -2.34. The minimum absolute atomic E-state index is 0.226. The van der Waals surface area contributed by atoms with E-state index in [9.17, 15) is 4.79 Å². The number of carbonyl (C=O) groups is 1. The third-order valence-corrected chi connectivity index (χ3v) is 3.85. The fourth-order valence-electron chi connectivity index (χ4n) is 1.63. The van der Waals surface area contributed by atoms with Gasteiger partial charge in [-0.2, -0.15) is 0 Å². The van der Waals surface area contributed by atoms with Crippen molar-refractivity contribution in [2.45, 2.75) is 0 Å². The molecule has 18 heavy (non-hydrogen) atoms. The van der Waals surface area contributed by atoms with Crippen molar-refractivity contribution in [2.75, 3.05) is 6.79 Å². The first-order valence-corrected chi connectivity index (χ1v) is 6.30. The number of carbonyl (C=O) groups excluding carboxylic acids is 1. The van der Waals surface area contributed by atoms with Crippen LogP contribution in [0.1, 0.15) is 5.56 Å². The molecule has 0 aromatic heterocycles. The lowest BCUT2D eigenvalue weighted by Gasteiger charge is -2.03. The van der Waals surface area contributed by atoms with Gasteiger partial charge in [0.2, 0.25) is 6.79 Å². The molecule has 1 aromatic carbocycles. The zero-order chi connectivity index (χ0) is 12.7. The molecule has 0 bridgehead atoms. The Morgan fingerprint density at radius 3 is 2.89 bits per heavy atom. The molecule has 0 atom stereocenters. The molecule has 0 spiro atoms. The number of fused-ring (bicyclic) bond motifs is 1. The van der Waals surface area contributed by atoms with Gasteiger partial charge in [-0.15, -0.1) is 0 Å². The lowest BCUT2D eigenvalue weighted by molar-refractivity contribution is -0.122. The first-order valence-electron chi connectivity index (χ1n) is 5.07. The monoisotopic (exact) mass is 280 g/mol. The van der Waals surface area contributed by atoms with E-state index in [0.29, 0.717) is 20.7 Å². The van der Waals surface area contributed by atoms with Gasteiger partial charge in [-0.1, -0.05) is 30.0 Å². The fourth-order valence-corrected chi connectivity index (χ4v) is 2.74. The number of amides is 1. The molecule has 0 unspecified atom stereocenters. The van der Waals surface area contributed by atoms with Crippen LogP contribution in [0.5, 0.6) is 11.5 Å². The quantitative estimate of drug-likeness (QED) is 0.364. The first-order chi connectivity index (χ1) is 8.65. The molecule has 2 N–H and O–H groups in total. The Balaban J connectivity index is 1.93. The van der Waals surface area contributed by atoms with Crippen LogP contribution in [-0.4, -0.2) is 22.0 Å². The molecule has 1 saturated heterocycles. The summed E-state index contributed by atoms with van der Waals surface area (Å²) in [5.74, 6) is 6.58. The summed E-state index contributed by atoms with van der Waals surface area (Å²) in [5, 5.41) is 0.971. The van der Waals surface area contributed by atoms with Crippen molar-refractivity contribution in [1.29, 1.82) is 0 Å². The number of hydrogen-bond donors (Lipinski definition) is 1. The second-order valence-electron chi connectivity index (χ2n) is 3.66. The van der Waals surface area contributed by atoms with Crippen molar-refractivity contribution < 1.29 is 14.3 Å². The molecule has 2 aliphatic heterocycles. The van der Waals surface area contributed by atoms with Gasteiger partial charge in [-0.3, -0.25) is 4.79 Å². The molecule has 2 heterocycles. The second-order valence-corrected chi connectivity index (χ2v) is 5.34. The third kappa shape index (κ3) is 1.86. The molecule has 3 rings (SSSR count). The summed E-state index contributed by atoms with van der Waals surface area (Å²) in [6.45, 7) is 0.226. The van der Waals surface area contributed by atoms with Crippen molar-refractivity contribution in [2.24, 2.45) is 5.84 Å². The highest BCUT2D eigenvalue weighted by Gasteiger charge is 2.29. The predicted octanol–water partition coefficient (Wildman–Crippen LogP) is 1.49. The molecular weight excluding hydrogens is 272 g/mol. The summed E-state index contributed by atoms with van der Waals surface area (Å²) in [6.07, 6.45) is 1.73. The fraction of sp³-hybridized carbons (Fsp3) is 0.0909. The number of benzene rings is 1. The largest absolute Gasteiger partial charge is 0.454 e. The summed E-state index contributed by atoms with van der Waals surface area (Å²) in [4.78, 5) is 12.2. The van der Waals surface area contributed by atoms with Crippen molar-refractivity contribution in [3.05, 3.63) is 28.7 Å². The normalized spacial score (nSPS) is 20.1. The molecule has 1 aromatic rings. The molecule has 1 amide bonds. The van der Waals surface area contributed by atoms with Gasteiger partial charge in [0.15, 0.2) is 15.8 Å². The highest BCUT2D eigenvalue weighted by molar-refractivity contribution is 8.26. The van der Waals surface area contributed by atoms with Crippen molar-refractivity contribution in [3.63, 3.8) is 0 Å². The molecule has 92 valence electrons. The van der Waals surface area contributed by atoms with Crippen LogP contribution in [0.15, 0.2) is 23.1 Å². The second kappa shape index (κ2) is 4.27. The topological polar surface area (TPSA) is 64.8 Å². The van der Waals surface area contributed by atoms with E-state index >= 15 is 0 Å². The van der Waals surface area contributed by atoms with E-state index in [1.807, 2.05) is 12.1 Å². The molecule has 1 fully saturated rings. The van der Waals surface area contributed by atoms with Gasteiger partial charge in [-0.25, -0.2) is 10.9 Å². The minimum atomic E-state index is -0.289. The molecule has 0 aliphatic carbocycles. The Morgan fingerprint density at radius 1 is 1.39 bits per heavy atom. The van der Waals surface area contributed by atoms with Crippen LogP contribution >= 0.6 is 24.0 Å². The molecule has 2 aliphatic rings. The minimum Gasteiger partial charge on any atom is -0.454 e. The number of rotatable bonds is 1. The van der Waals surface area contributed by atoms with E-state index in [-0.39, 0.29) is 12.7 Å². The number of nitrogens with two attached hydrogens (primary N) is 1. The summed E-state index contributed by atoms with van der Waals surface area (Å²) >= 11 is 6.13. The maximum Gasteiger partial charge on any atom is 0.280 e. The summed E-state index contributed by atoms with van der Waals surface area (Å²) < 4.78 is 10.8. The Labute approximate surface area is 112 Å². The number of ether oxygens (including phenoxy) is 2. The Kier molecular flexibility index (Phi) is 2.73. The van der Waals surface area contributed by atoms with Crippen LogP contribution in [0.4, 0.5) is 0 Å². The van der Waals surface area contributed by atoms with E-state index in [4.69, 9.17) is 27.5 Å². The first kappa shape index (κ1) is 11.5. The van der Waals surface area contributed by atoms with Gasteiger partial charge in [0.05, 0.1) is 4.91 Å². The van der Waals surface area contributed by atoms with Gasteiger partial charge in [-0.05, 0) is 23.8 Å². The van der Waals surface area contributed by atoms with Crippen LogP contribution < -0.4 is 15.3 Å². The molecule has 0 saturated carbocycles. The van der Waals surface area contributed by atoms with E-state index in [2.05, 4.69) is 0 Å². The van der Waals surface area contributed by atoms with Crippen LogP contribution in [0.2, 0.25) is 0 Å². The number of thioether (sulfide) groups is 1. The zero-order valence-electron chi connectivity index (χ0n) is 9.08. The van der Waals surface area contributed by atoms with Crippen LogP contribution in [0.3, 0.4) is 0 Å². The maximum atomic E-state index is 11.7. The number of nitrogens with zero attached hydrogens (tertiary/aromatic N) is 1. The Hall–Kier alpha value is -1.57. The highest BCUT2D eigenvalue weighted by Crippen LogP contribution is 2.35. The van der Waals surface area contributed by atoms with E-state index in [0.717, 1.165) is 10.6 Å². The standard InChI is InChI=1S/C11H8N2O3S2/c12-13-10(14)9(18-11(13)17)4-6-1-2-7-8(3-6)16-5-15-7/h1-4H,5,12H2/b9-4+. The van der Waals surface area contributed by atoms with Gasteiger partial charge in [0.1, 0.15) is 0 Å². The van der Waals surface area contributed by atoms with Crippen molar-refractivity contribution in [3.8, 4) is 11.5 Å². The lowest BCUT2D eigenvalue weighted by atomic mass is 10.2. The van der Waals surface area contributed by atoms with E-state index < -0.39 is 0 Å².